The lowest BCUT2D eigenvalue weighted by Gasteiger charge is -2.38. The minimum Gasteiger partial charge on any atom is -0.346 e. The Hall–Kier alpha value is -0.710. The number of hydrogen-bond donors (Lipinski definition) is 0. The third-order valence-electron chi connectivity index (χ3n) is 4.64. The first-order chi connectivity index (χ1) is 8.93. The van der Waals surface area contributed by atoms with Gasteiger partial charge in [0, 0.05) is 11.8 Å². The molecule has 19 heavy (non-hydrogen) atoms. The summed E-state index contributed by atoms with van der Waals surface area (Å²) in [5.41, 5.74) is 0. The van der Waals surface area contributed by atoms with E-state index in [2.05, 4.69) is 6.58 Å². The van der Waals surface area contributed by atoms with E-state index in [4.69, 9.17) is 14.2 Å². The van der Waals surface area contributed by atoms with E-state index >= 15 is 0 Å². The first kappa shape index (κ1) is 13.3. The van der Waals surface area contributed by atoms with Crippen LogP contribution in [0, 0.1) is 17.8 Å². The van der Waals surface area contributed by atoms with Crippen molar-refractivity contribution in [3.05, 3.63) is 12.7 Å². The maximum Gasteiger partial charge on any atom is 0.187 e. The molecule has 6 atom stereocenters. The molecule has 0 bridgehead atoms. The molecular weight excluding hydrogens is 244 g/mol. The first-order valence-corrected chi connectivity index (χ1v) is 7.07. The Morgan fingerprint density at radius 1 is 1.32 bits per heavy atom. The predicted molar refractivity (Wildman–Crippen MR) is 69.3 cm³/mol. The van der Waals surface area contributed by atoms with Crippen molar-refractivity contribution < 1.29 is 19.0 Å². The zero-order valence-corrected chi connectivity index (χ0v) is 11.8. The molecule has 1 saturated carbocycles. The predicted octanol–water partition coefficient (Wildman–Crippen LogP) is 2.28. The number of carbonyl (C=O) groups excluding carboxylic acids is 1. The Balaban J connectivity index is 1.89. The minimum atomic E-state index is -0.622. The monoisotopic (exact) mass is 266 g/mol. The van der Waals surface area contributed by atoms with Crippen LogP contribution >= 0.6 is 0 Å². The van der Waals surface area contributed by atoms with Crippen LogP contribution in [0.3, 0.4) is 0 Å². The minimum absolute atomic E-state index is 0.0521. The molecule has 0 aromatic carbocycles. The molecule has 0 unspecified atom stereocenters. The third kappa shape index (κ3) is 2.06. The smallest absolute Gasteiger partial charge is 0.187 e. The van der Waals surface area contributed by atoms with Crippen LogP contribution < -0.4 is 0 Å². The Kier molecular flexibility index (Phi) is 3.08. The van der Waals surface area contributed by atoms with Crippen LogP contribution in [-0.2, 0) is 19.0 Å². The lowest BCUT2D eigenvalue weighted by Crippen LogP contribution is -2.44. The molecule has 0 radical (unpaired) electrons. The summed E-state index contributed by atoms with van der Waals surface area (Å²) in [7, 11) is 0. The maximum atomic E-state index is 12.1. The highest BCUT2D eigenvalue weighted by molar-refractivity contribution is 5.79. The second-order valence-corrected chi connectivity index (χ2v) is 6.33. The molecule has 0 N–H and O–H groups in total. The fourth-order valence-corrected chi connectivity index (χ4v) is 3.95. The standard InChI is InChI=1S/C15H22O4/c1-5-9-6-7-10-12(11(9)8(2)16)13-14(17-10)19-15(3,4)18-13/h5,9-14H,1,6-7H2,2-4H3/t9-,10+,11-,12-,13+,14+/m0/s1. The molecule has 1 aliphatic carbocycles. The molecule has 4 nitrogen and oxygen atoms in total. The van der Waals surface area contributed by atoms with E-state index in [1.165, 1.54) is 0 Å². The molecule has 3 fully saturated rings. The van der Waals surface area contributed by atoms with E-state index in [0.717, 1.165) is 12.8 Å². The van der Waals surface area contributed by atoms with Crippen molar-refractivity contribution in [1.29, 1.82) is 0 Å². The number of Topliss-reactive ketones (excluding diaryl/α,β-unsaturated/α-hetero) is 1. The van der Waals surface area contributed by atoms with Gasteiger partial charge in [0.25, 0.3) is 0 Å². The third-order valence-corrected chi connectivity index (χ3v) is 4.64. The highest BCUT2D eigenvalue weighted by Crippen LogP contribution is 2.50. The number of fused-ring (bicyclic) bond motifs is 3. The first-order valence-electron chi connectivity index (χ1n) is 7.07. The van der Waals surface area contributed by atoms with Gasteiger partial charge in [-0.2, -0.15) is 0 Å². The quantitative estimate of drug-likeness (QED) is 0.719. The molecule has 3 rings (SSSR count). The van der Waals surface area contributed by atoms with Gasteiger partial charge in [-0.25, -0.2) is 0 Å². The molecule has 106 valence electrons. The van der Waals surface area contributed by atoms with Crippen molar-refractivity contribution in [3.63, 3.8) is 0 Å². The fraction of sp³-hybridized carbons (Fsp3) is 0.800. The van der Waals surface area contributed by atoms with Gasteiger partial charge in [0.15, 0.2) is 12.1 Å². The lowest BCUT2D eigenvalue weighted by atomic mass is 9.67. The van der Waals surface area contributed by atoms with Crippen LogP contribution in [0.2, 0.25) is 0 Å². The van der Waals surface area contributed by atoms with Crippen molar-refractivity contribution in [2.24, 2.45) is 17.8 Å². The average molecular weight is 266 g/mol. The molecule has 0 amide bonds. The summed E-state index contributed by atoms with van der Waals surface area (Å²) < 4.78 is 17.7. The Morgan fingerprint density at radius 3 is 2.68 bits per heavy atom. The SMILES string of the molecule is C=C[C@H]1CC[C@H]2O[C@@H]3OC(C)(C)O[C@@H]3[C@@H]2[C@H]1C(C)=O. The second kappa shape index (κ2) is 4.40. The van der Waals surface area contributed by atoms with E-state index in [1.54, 1.807) is 6.92 Å². The Labute approximate surface area is 114 Å². The van der Waals surface area contributed by atoms with Gasteiger partial charge in [-0.15, -0.1) is 6.58 Å². The molecule has 4 heteroatoms. The number of ether oxygens (including phenoxy) is 3. The van der Waals surface area contributed by atoms with Gasteiger partial charge in [0.05, 0.1) is 6.10 Å². The van der Waals surface area contributed by atoms with Gasteiger partial charge in [-0.1, -0.05) is 6.08 Å². The molecule has 2 heterocycles. The molecule has 0 spiro atoms. The zero-order valence-electron chi connectivity index (χ0n) is 11.8. The van der Waals surface area contributed by atoms with Gasteiger partial charge in [0.2, 0.25) is 0 Å². The number of rotatable bonds is 2. The van der Waals surface area contributed by atoms with Crippen molar-refractivity contribution in [2.45, 2.75) is 57.9 Å². The van der Waals surface area contributed by atoms with E-state index in [0.29, 0.717) is 0 Å². The molecule has 2 saturated heterocycles. The summed E-state index contributed by atoms with van der Waals surface area (Å²) in [6.07, 6.45) is 3.45. The lowest BCUT2D eigenvalue weighted by molar-refractivity contribution is -0.216. The number of hydrogen-bond acceptors (Lipinski definition) is 4. The van der Waals surface area contributed by atoms with E-state index < -0.39 is 5.79 Å². The van der Waals surface area contributed by atoms with Crippen LogP contribution in [0.1, 0.15) is 33.6 Å². The summed E-state index contributed by atoms with van der Waals surface area (Å²) >= 11 is 0. The zero-order chi connectivity index (χ0) is 13.8. The molecule has 3 aliphatic rings. The van der Waals surface area contributed by atoms with Crippen LogP contribution in [0.5, 0.6) is 0 Å². The van der Waals surface area contributed by atoms with Gasteiger partial charge in [-0.05, 0) is 39.5 Å². The van der Waals surface area contributed by atoms with Gasteiger partial charge in [0.1, 0.15) is 11.9 Å². The topological polar surface area (TPSA) is 44.8 Å². The number of ketones is 1. The van der Waals surface area contributed by atoms with E-state index in [1.807, 2.05) is 19.9 Å². The molecule has 2 aliphatic heterocycles. The van der Waals surface area contributed by atoms with E-state index in [-0.39, 0.29) is 42.0 Å². The second-order valence-electron chi connectivity index (χ2n) is 6.33. The van der Waals surface area contributed by atoms with Crippen LogP contribution in [0.4, 0.5) is 0 Å². The molecular formula is C15H22O4. The largest absolute Gasteiger partial charge is 0.346 e. The van der Waals surface area contributed by atoms with Crippen LogP contribution in [-0.4, -0.2) is 30.1 Å². The van der Waals surface area contributed by atoms with Crippen molar-refractivity contribution in [2.75, 3.05) is 0 Å². The summed E-state index contributed by atoms with van der Waals surface area (Å²) in [4.78, 5) is 12.1. The van der Waals surface area contributed by atoms with E-state index in [9.17, 15) is 4.79 Å². The summed E-state index contributed by atoms with van der Waals surface area (Å²) in [5.74, 6) is -0.140. The van der Waals surface area contributed by atoms with Gasteiger partial charge >= 0.3 is 0 Å². The van der Waals surface area contributed by atoms with Gasteiger partial charge in [-0.3, -0.25) is 4.79 Å². The highest BCUT2D eigenvalue weighted by atomic mass is 16.8. The molecule has 0 aromatic heterocycles. The highest BCUT2D eigenvalue weighted by Gasteiger charge is 2.59. The molecule has 0 aromatic rings. The van der Waals surface area contributed by atoms with Crippen LogP contribution in [0.25, 0.3) is 0 Å². The Morgan fingerprint density at radius 2 is 2.05 bits per heavy atom. The fourth-order valence-electron chi connectivity index (χ4n) is 3.95. The van der Waals surface area contributed by atoms with Crippen LogP contribution in [0.15, 0.2) is 12.7 Å². The van der Waals surface area contributed by atoms with Crippen molar-refractivity contribution in [1.82, 2.24) is 0 Å². The number of allylic oxidation sites excluding steroid dienone is 1. The normalized spacial score (nSPS) is 47.5. The summed E-state index contributed by atoms with van der Waals surface area (Å²) in [6, 6.07) is 0. The maximum absolute atomic E-state index is 12.1. The van der Waals surface area contributed by atoms with Crippen molar-refractivity contribution >= 4 is 5.78 Å². The number of carbonyl (C=O) groups is 1. The Bertz CT molecular complexity index is 403. The van der Waals surface area contributed by atoms with Crippen molar-refractivity contribution in [3.8, 4) is 0 Å². The van der Waals surface area contributed by atoms with Gasteiger partial charge < -0.3 is 14.2 Å². The summed E-state index contributed by atoms with van der Waals surface area (Å²) in [5, 5.41) is 0. The summed E-state index contributed by atoms with van der Waals surface area (Å²) in [6.45, 7) is 9.32. The average Bonchev–Trinajstić information content (AvgIpc) is 2.79.